The predicted molar refractivity (Wildman–Crippen MR) is 106 cm³/mol. The minimum Gasteiger partial charge on any atom is -0.506 e. The molecule has 158 valence electrons. The number of hydrogen-bond donors (Lipinski definition) is 2. The third-order valence-corrected chi connectivity index (χ3v) is 6.09. The van der Waals surface area contributed by atoms with E-state index in [9.17, 15) is 14.7 Å². The maximum absolute atomic E-state index is 12.3. The van der Waals surface area contributed by atoms with Crippen LogP contribution in [0.1, 0.15) is 36.2 Å². The fourth-order valence-corrected chi connectivity index (χ4v) is 4.13. The van der Waals surface area contributed by atoms with Crippen molar-refractivity contribution in [1.82, 2.24) is 20.1 Å². The van der Waals surface area contributed by atoms with E-state index in [0.29, 0.717) is 19.0 Å². The molecule has 1 unspecified atom stereocenters. The lowest BCUT2D eigenvalue weighted by Crippen LogP contribution is -2.52. The van der Waals surface area contributed by atoms with Gasteiger partial charge in [0.2, 0.25) is 5.91 Å². The molecule has 1 aromatic heterocycles. The Hall–Kier alpha value is -2.19. The van der Waals surface area contributed by atoms with Crippen LogP contribution >= 0.6 is 0 Å². The number of rotatable bonds is 7. The van der Waals surface area contributed by atoms with E-state index in [1.54, 1.807) is 0 Å². The van der Waals surface area contributed by atoms with E-state index < -0.39 is 0 Å². The molecule has 1 aliphatic carbocycles. The van der Waals surface area contributed by atoms with E-state index in [2.05, 4.69) is 15.2 Å². The van der Waals surface area contributed by atoms with Gasteiger partial charge in [-0.1, -0.05) is 0 Å². The van der Waals surface area contributed by atoms with E-state index in [1.807, 2.05) is 4.90 Å². The minimum atomic E-state index is -0.319. The molecule has 8 nitrogen and oxygen atoms in total. The first-order chi connectivity index (χ1) is 14.1. The largest absolute Gasteiger partial charge is 0.506 e. The van der Waals surface area contributed by atoms with Crippen LogP contribution in [-0.4, -0.2) is 83.7 Å². The summed E-state index contributed by atoms with van der Waals surface area (Å²) in [7, 11) is 0. The molecule has 2 N–H and O–H groups in total. The lowest BCUT2D eigenvalue weighted by molar-refractivity contribution is -0.149. The second-order valence-corrected chi connectivity index (χ2v) is 8.53. The van der Waals surface area contributed by atoms with Crippen molar-refractivity contribution in [2.45, 2.75) is 31.8 Å². The molecule has 2 amide bonds. The summed E-state index contributed by atoms with van der Waals surface area (Å²) in [6, 6.07) is 2.90. The van der Waals surface area contributed by atoms with E-state index in [4.69, 9.17) is 4.74 Å². The van der Waals surface area contributed by atoms with Crippen LogP contribution in [0, 0.1) is 11.8 Å². The molecule has 0 radical (unpaired) electrons. The number of piperidine rings is 1. The van der Waals surface area contributed by atoms with Crippen molar-refractivity contribution in [2.24, 2.45) is 11.8 Å². The number of morpholine rings is 1. The lowest BCUT2D eigenvalue weighted by atomic mass is 9.95. The van der Waals surface area contributed by atoms with Gasteiger partial charge in [0.25, 0.3) is 5.91 Å². The topological polar surface area (TPSA) is 95.0 Å². The molecule has 3 fully saturated rings. The normalized spacial score (nSPS) is 23.9. The number of amides is 2. The average molecular weight is 402 g/mol. The first-order valence-electron chi connectivity index (χ1n) is 10.6. The van der Waals surface area contributed by atoms with Gasteiger partial charge in [-0.25, -0.2) is 4.98 Å². The predicted octanol–water partition coefficient (Wildman–Crippen LogP) is 0.866. The molecule has 2 saturated heterocycles. The Labute approximate surface area is 171 Å². The summed E-state index contributed by atoms with van der Waals surface area (Å²) in [5, 5.41) is 12.1. The van der Waals surface area contributed by atoms with Gasteiger partial charge in [-0.2, -0.15) is 0 Å². The molecule has 1 saturated carbocycles. The maximum atomic E-state index is 12.3. The number of carbonyl (C=O) groups excluding carboxylic acids is 2. The Balaban J connectivity index is 1.21. The number of hydrogen-bond acceptors (Lipinski definition) is 6. The zero-order valence-electron chi connectivity index (χ0n) is 16.8. The lowest BCUT2D eigenvalue weighted by Gasteiger charge is -2.38. The first kappa shape index (κ1) is 20.1. The fourth-order valence-electron chi connectivity index (χ4n) is 4.13. The van der Waals surface area contributed by atoms with Crippen LogP contribution in [0.25, 0.3) is 0 Å². The van der Waals surface area contributed by atoms with E-state index in [0.717, 1.165) is 38.4 Å². The SMILES string of the molecule is O=C(NCC1CN(CC2CCN(CC3CC3)CC2)C(=O)CO1)c1ccc(O)cn1. The van der Waals surface area contributed by atoms with Crippen LogP contribution in [0.4, 0.5) is 0 Å². The Bertz CT molecular complexity index is 714. The van der Waals surface area contributed by atoms with Crippen molar-refractivity contribution in [1.29, 1.82) is 0 Å². The molecule has 0 bridgehead atoms. The molecule has 0 aromatic carbocycles. The van der Waals surface area contributed by atoms with E-state index in [1.165, 1.54) is 37.7 Å². The fraction of sp³-hybridized carbons (Fsp3) is 0.667. The average Bonchev–Trinajstić information content (AvgIpc) is 3.54. The van der Waals surface area contributed by atoms with Crippen LogP contribution in [0.2, 0.25) is 0 Å². The number of nitrogens with one attached hydrogen (secondary N) is 1. The number of aromatic nitrogens is 1. The highest BCUT2D eigenvalue weighted by atomic mass is 16.5. The molecule has 29 heavy (non-hydrogen) atoms. The summed E-state index contributed by atoms with van der Waals surface area (Å²) >= 11 is 0. The Morgan fingerprint density at radius 1 is 1.17 bits per heavy atom. The maximum Gasteiger partial charge on any atom is 0.269 e. The Morgan fingerprint density at radius 2 is 1.93 bits per heavy atom. The van der Waals surface area contributed by atoms with Gasteiger partial charge in [-0.3, -0.25) is 9.59 Å². The van der Waals surface area contributed by atoms with E-state index in [-0.39, 0.29) is 36.0 Å². The molecular formula is C21H30N4O4. The molecule has 1 atom stereocenters. The third-order valence-electron chi connectivity index (χ3n) is 6.09. The highest BCUT2D eigenvalue weighted by Crippen LogP contribution is 2.31. The van der Waals surface area contributed by atoms with Crippen molar-refractivity contribution in [3.63, 3.8) is 0 Å². The minimum absolute atomic E-state index is 0.0182. The summed E-state index contributed by atoms with van der Waals surface area (Å²) in [6.07, 6.45) is 6.09. The van der Waals surface area contributed by atoms with Gasteiger partial charge in [-0.15, -0.1) is 0 Å². The molecule has 0 spiro atoms. The number of ether oxygens (including phenoxy) is 1. The van der Waals surface area contributed by atoms with Crippen LogP contribution in [0.3, 0.4) is 0 Å². The first-order valence-corrected chi connectivity index (χ1v) is 10.6. The number of aromatic hydroxyl groups is 1. The summed E-state index contributed by atoms with van der Waals surface area (Å²) in [5.41, 5.74) is 0.240. The van der Waals surface area contributed by atoms with Crippen molar-refractivity contribution in [3.8, 4) is 5.75 Å². The van der Waals surface area contributed by atoms with Crippen molar-refractivity contribution in [2.75, 3.05) is 45.9 Å². The van der Waals surface area contributed by atoms with Gasteiger partial charge in [0.05, 0.1) is 12.3 Å². The number of nitrogens with zero attached hydrogens (tertiary/aromatic N) is 3. The second-order valence-electron chi connectivity index (χ2n) is 8.53. The van der Waals surface area contributed by atoms with Gasteiger partial charge in [-0.05, 0) is 62.7 Å². The molecule has 3 heterocycles. The summed E-state index contributed by atoms with van der Waals surface area (Å²) in [4.78, 5) is 32.8. The van der Waals surface area contributed by atoms with Crippen LogP contribution < -0.4 is 5.32 Å². The Morgan fingerprint density at radius 3 is 2.62 bits per heavy atom. The summed E-state index contributed by atoms with van der Waals surface area (Å²) in [6.45, 7) is 5.20. The summed E-state index contributed by atoms with van der Waals surface area (Å²) in [5.74, 6) is 1.21. The Kier molecular flexibility index (Phi) is 6.30. The van der Waals surface area contributed by atoms with E-state index >= 15 is 0 Å². The summed E-state index contributed by atoms with van der Waals surface area (Å²) < 4.78 is 5.61. The van der Waals surface area contributed by atoms with Crippen LogP contribution in [-0.2, 0) is 9.53 Å². The highest BCUT2D eigenvalue weighted by molar-refractivity contribution is 5.92. The van der Waals surface area contributed by atoms with Gasteiger partial charge in [0.15, 0.2) is 0 Å². The second kappa shape index (κ2) is 9.09. The smallest absolute Gasteiger partial charge is 0.269 e. The molecule has 3 aliphatic rings. The monoisotopic (exact) mass is 402 g/mol. The van der Waals surface area contributed by atoms with Gasteiger partial charge in [0, 0.05) is 26.2 Å². The standard InChI is InChI=1S/C21H30N4O4/c26-17-3-4-19(22-9-17)21(28)23-10-18-13-25(20(27)14-29-18)12-16-5-7-24(8-6-16)11-15-1-2-15/h3-4,9,15-16,18,26H,1-2,5-8,10-14H2,(H,23,28). The van der Waals surface area contributed by atoms with Gasteiger partial charge >= 0.3 is 0 Å². The zero-order valence-corrected chi connectivity index (χ0v) is 16.8. The van der Waals surface area contributed by atoms with Gasteiger partial charge < -0.3 is 25.0 Å². The third kappa shape index (κ3) is 5.67. The quantitative estimate of drug-likeness (QED) is 0.703. The highest BCUT2D eigenvalue weighted by Gasteiger charge is 2.31. The van der Waals surface area contributed by atoms with Crippen LogP contribution in [0.5, 0.6) is 5.75 Å². The van der Waals surface area contributed by atoms with Gasteiger partial charge in [0.1, 0.15) is 18.1 Å². The molecule has 1 aromatic rings. The molecule has 2 aliphatic heterocycles. The van der Waals surface area contributed by atoms with Crippen molar-refractivity contribution < 1.29 is 19.4 Å². The van der Waals surface area contributed by atoms with Crippen molar-refractivity contribution >= 4 is 11.8 Å². The molecule has 4 rings (SSSR count). The number of pyridine rings is 1. The van der Waals surface area contributed by atoms with Crippen molar-refractivity contribution in [3.05, 3.63) is 24.0 Å². The molecular weight excluding hydrogens is 372 g/mol. The molecule has 8 heteroatoms. The number of carbonyl (C=O) groups is 2. The van der Waals surface area contributed by atoms with Crippen LogP contribution in [0.15, 0.2) is 18.3 Å². The number of likely N-dealkylation sites (tertiary alicyclic amines) is 1. The zero-order chi connectivity index (χ0) is 20.2.